The molecule has 2 N–H and O–H groups in total. The Labute approximate surface area is 93.2 Å². The van der Waals surface area contributed by atoms with E-state index in [-0.39, 0.29) is 6.04 Å². The number of benzene rings is 1. The van der Waals surface area contributed by atoms with Crippen molar-refractivity contribution in [1.29, 1.82) is 0 Å². The molecule has 0 saturated carbocycles. The maximum Gasteiger partial charge on any atom is 0.0497 e. The molecular formula is C11H15BrN2. The maximum absolute atomic E-state index is 6.09. The summed E-state index contributed by atoms with van der Waals surface area (Å²) in [5, 5.41) is 0. The fourth-order valence-corrected chi connectivity index (χ4v) is 2.59. The first-order chi connectivity index (χ1) is 6.68. The van der Waals surface area contributed by atoms with Gasteiger partial charge in [-0.2, -0.15) is 0 Å². The van der Waals surface area contributed by atoms with E-state index < -0.39 is 0 Å². The summed E-state index contributed by atoms with van der Waals surface area (Å²) in [4.78, 5) is 2.33. The summed E-state index contributed by atoms with van der Waals surface area (Å²) >= 11 is 3.49. The monoisotopic (exact) mass is 254 g/mol. The molecule has 0 aromatic heterocycles. The van der Waals surface area contributed by atoms with Crippen LogP contribution in [0, 0.1) is 0 Å². The molecule has 2 rings (SSSR count). The molecule has 2 atom stereocenters. The van der Waals surface area contributed by atoms with E-state index >= 15 is 0 Å². The minimum absolute atomic E-state index is 0.272. The topological polar surface area (TPSA) is 29.3 Å². The number of rotatable bonds is 1. The first kappa shape index (κ1) is 10.1. The van der Waals surface area contributed by atoms with Crippen molar-refractivity contribution in [2.45, 2.75) is 18.5 Å². The second-order valence-electron chi connectivity index (χ2n) is 3.93. The molecule has 3 heteroatoms. The molecule has 1 aliphatic rings. The van der Waals surface area contributed by atoms with Crippen LogP contribution in [0.25, 0.3) is 0 Å². The predicted molar refractivity (Wildman–Crippen MR) is 62.1 cm³/mol. The van der Waals surface area contributed by atoms with Gasteiger partial charge in [0.25, 0.3) is 0 Å². The Morgan fingerprint density at radius 1 is 1.50 bits per heavy atom. The quantitative estimate of drug-likeness (QED) is 0.833. The Hall–Kier alpha value is -0.380. The van der Waals surface area contributed by atoms with E-state index in [2.05, 4.69) is 46.1 Å². The summed E-state index contributed by atoms with van der Waals surface area (Å²) in [5.74, 6) is 0. The zero-order chi connectivity index (χ0) is 10.1. The van der Waals surface area contributed by atoms with Crippen LogP contribution >= 0.6 is 15.9 Å². The summed E-state index contributed by atoms with van der Waals surface area (Å²) in [6, 6.07) is 9.08. The number of hydrogen-bond donors (Lipinski definition) is 1. The summed E-state index contributed by atoms with van der Waals surface area (Å²) in [6.07, 6.45) is 1.09. The van der Waals surface area contributed by atoms with Gasteiger partial charge in [-0.15, -0.1) is 0 Å². The van der Waals surface area contributed by atoms with Gasteiger partial charge in [0.1, 0.15) is 0 Å². The molecule has 76 valence electrons. The van der Waals surface area contributed by atoms with Crippen LogP contribution in [0.4, 0.5) is 0 Å². The van der Waals surface area contributed by atoms with Gasteiger partial charge in [0, 0.05) is 23.1 Å². The molecule has 0 amide bonds. The van der Waals surface area contributed by atoms with Crippen molar-refractivity contribution in [1.82, 2.24) is 4.90 Å². The fourth-order valence-electron chi connectivity index (χ4n) is 2.17. The van der Waals surface area contributed by atoms with Crippen molar-refractivity contribution >= 4 is 15.9 Å². The van der Waals surface area contributed by atoms with Gasteiger partial charge in [0.15, 0.2) is 0 Å². The maximum atomic E-state index is 6.09. The number of halogens is 1. The fraction of sp³-hybridized carbons (Fsp3) is 0.455. The van der Waals surface area contributed by atoms with Crippen molar-refractivity contribution < 1.29 is 0 Å². The van der Waals surface area contributed by atoms with E-state index in [1.807, 2.05) is 6.07 Å². The highest BCUT2D eigenvalue weighted by atomic mass is 79.9. The molecule has 1 fully saturated rings. The van der Waals surface area contributed by atoms with E-state index in [4.69, 9.17) is 5.73 Å². The molecule has 2 unspecified atom stereocenters. The van der Waals surface area contributed by atoms with E-state index in [0.29, 0.717) is 6.04 Å². The molecule has 1 saturated heterocycles. The van der Waals surface area contributed by atoms with Gasteiger partial charge >= 0.3 is 0 Å². The van der Waals surface area contributed by atoms with Crippen LogP contribution < -0.4 is 5.73 Å². The number of nitrogens with zero attached hydrogens (tertiary/aromatic N) is 1. The Morgan fingerprint density at radius 3 is 2.86 bits per heavy atom. The molecule has 14 heavy (non-hydrogen) atoms. The van der Waals surface area contributed by atoms with Gasteiger partial charge in [-0.25, -0.2) is 0 Å². The molecule has 0 radical (unpaired) electrons. The largest absolute Gasteiger partial charge is 0.326 e. The van der Waals surface area contributed by atoms with Gasteiger partial charge in [-0.3, -0.25) is 4.90 Å². The first-order valence-corrected chi connectivity index (χ1v) is 5.69. The molecule has 2 nitrogen and oxygen atoms in total. The number of hydrogen-bond acceptors (Lipinski definition) is 2. The third kappa shape index (κ3) is 1.85. The van der Waals surface area contributed by atoms with E-state index in [1.54, 1.807) is 0 Å². The lowest BCUT2D eigenvalue weighted by Crippen LogP contribution is -2.29. The number of likely N-dealkylation sites (N-methyl/N-ethyl adjacent to an activating group) is 1. The second-order valence-corrected chi connectivity index (χ2v) is 4.85. The highest BCUT2D eigenvalue weighted by Crippen LogP contribution is 2.30. The number of nitrogens with two attached hydrogens (primary N) is 1. The SMILES string of the molecule is CN1CCC(N)C1c1cccc(Br)c1. The smallest absolute Gasteiger partial charge is 0.0497 e. The van der Waals surface area contributed by atoms with Crippen LogP contribution in [0.15, 0.2) is 28.7 Å². The van der Waals surface area contributed by atoms with Crippen molar-refractivity contribution in [3.63, 3.8) is 0 Å². The first-order valence-electron chi connectivity index (χ1n) is 4.90. The highest BCUT2D eigenvalue weighted by Gasteiger charge is 2.29. The summed E-state index contributed by atoms with van der Waals surface area (Å²) in [6.45, 7) is 1.10. The van der Waals surface area contributed by atoms with Crippen LogP contribution in [-0.4, -0.2) is 24.5 Å². The van der Waals surface area contributed by atoms with Gasteiger partial charge in [0.05, 0.1) is 0 Å². The van der Waals surface area contributed by atoms with Crippen molar-refractivity contribution in [2.75, 3.05) is 13.6 Å². The third-order valence-electron chi connectivity index (χ3n) is 2.89. The van der Waals surface area contributed by atoms with Crippen LogP contribution in [0.2, 0.25) is 0 Å². The van der Waals surface area contributed by atoms with Crippen LogP contribution in [0.1, 0.15) is 18.0 Å². The summed E-state index contributed by atoms with van der Waals surface area (Å²) in [5.41, 5.74) is 7.41. The minimum Gasteiger partial charge on any atom is -0.326 e. The zero-order valence-electron chi connectivity index (χ0n) is 8.28. The summed E-state index contributed by atoms with van der Waals surface area (Å²) < 4.78 is 1.13. The highest BCUT2D eigenvalue weighted by molar-refractivity contribution is 9.10. The molecule has 0 aliphatic carbocycles. The molecule has 0 spiro atoms. The van der Waals surface area contributed by atoms with Crippen molar-refractivity contribution in [3.8, 4) is 0 Å². The van der Waals surface area contributed by atoms with E-state index in [9.17, 15) is 0 Å². The minimum atomic E-state index is 0.272. The predicted octanol–water partition coefficient (Wildman–Crippen LogP) is 2.15. The van der Waals surface area contributed by atoms with E-state index in [0.717, 1.165) is 17.4 Å². The summed E-state index contributed by atoms with van der Waals surface area (Å²) in [7, 11) is 2.14. The van der Waals surface area contributed by atoms with Gasteiger partial charge < -0.3 is 5.73 Å². The average Bonchev–Trinajstić information content (AvgIpc) is 2.46. The standard InChI is InChI=1S/C11H15BrN2/c1-14-6-5-10(13)11(14)8-3-2-4-9(12)7-8/h2-4,7,10-11H,5-6,13H2,1H3. The van der Waals surface area contributed by atoms with Crippen molar-refractivity contribution in [3.05, 3.63) is 34.3 Å². The lowest BCUT2D eigenvalue weighted by Gasteiger charge is -2.23. The Bertz CT molecular complexity index is 317. The van der Waals surface area contributed by atoms with Crippen LogP contribution in [0.5, 0.6) is 0 Å². The molecular weight excluding hydrogens is 240 g/mol. The lowest BCUT2D eigenvalue weighted by molar-refractivity contribution is 0.304. The Morgan fingerprint density at radius 2 is 2.29 bits per heavy atom. The Balaban J connectivity index is 2.29. The Kier molecular flexibility index (Phi) is 2.91. The average molecular weight is 255 g/mol. The van der Waals surface area contributed by atoms with Gasteiger partial charge in [0.2, 0.25) is 0 Å². The third-order valence-corrected chi connectivity index (χ3v) is 3.38. The zero-order valence-corrected chi connectivity index (χ0v) is 9.87. The van der Waals surface area contributed by atoms with Crippen LogP contribution in [0.3, 0.4) is 0 Å². The molecule has 1 aliphatic heterocycles. The van der Waals surface area contributed by atoms with E-state index in [1.165, 1.54) is 5.56 Å². The van der Waals surface area contributed by atoms with Gasteiger partial charge in [-0.05, 0) is 31.2 Å². The molecule has 1 aromatic carbocycles. The van der Waals surface area contributed by atoms with Crippen molar-refractivity contribution in [2.24, 2.45) is 5.73 Å². The molecule has 0 bridgehead atoms. The normalized spacial score (nSPS) is 28.2. The molecule has 1 aromatic rings. The second kappa shape index (κ2) is 4.01. The van der Waals surface area contributed by atoms with Crippen LogP contribution in [-0.2, 0) is 0 Å². The lowest BCUT2D eigenvalue weighted by atomic mass is 10.0. The number of likely N-dealkylation sites (tertiary alicyclic amines) is 1. The molecule has 1 heterocycles. The van der Waals surface area contributed by atoms with Gasteiger partial charge in [-0.1, -0.05) is 28.1 Å².